The first-order valence-electron chi connectivity index (χ1n) is 10.3. The van der Waals surface area contributed by atoms with Gasteiger partial charge in [0.15, 0.2) is 0 Å². The largest absolute Gasteiger partial charge is 0.508 e. The zero-order valence-corrected chi connectivity index (χ0v) is 17.3. The predicted octanol–water partition coefficient (Wildman–Crippen LogP) is 5.70. The zero-order chi connectivity index (χ0) is 20.5. The van der Waals surface area contributed by atoms with Crippen molar-refractivity contribution >= 4 is 29.1 Å². The minimum Gasteiger partial charge on any atom is -0.508 e. The molecule has 150 valence electrons. The molecule has 5 rings (SSSR count). The molecule has 1 fully saturated rings. The highest BCUT2D eigenvalue weighted by Gasteiger charge is 2.22. The third-order valence-corrected chi connectivity index (χ3v) is 6.77. The number of fused-ring (bicyclic) bond motifs is 2. The van der Waals surface area contributed by atoms with Crippen LogP contribution in [0, 0.1) is 0 Å². The SMILES string of the molecule is O=C(NC1CCCC1)c1ccc2c(c1)N=C(c1cccc(O)c1)c1ccccc1S2. The summed E-state index contributed by atoms with van der Waals surface area (Å²) < 4.78 is 0. The Morgan fingerprint density at radius 1 is 0.967 bits per heavy atom. The number of hydrogen-bond donors (Lipinski definition) is 2. The van der Waals surface area contributed by atoms with E-state index >= 15 is 0 Å². The molecule has 0 radical (unpaired) electrons. The lowest BCUT2D eigenvalue weighted by molar-refractivity contribution is 0.0938. The van der Waals surface area contributed by atoms with Gasteiger partial charge in [0.05, 0.1) is 11.4 Å². The topological polar surface area (TPSA) is 61.7 Å². The van der Waals surface area contributed by atoms with Gasteiger partial charge in [-0.1, -0.05) is 54.9 Å². The lowest BCUT2D eigenvalue weighted by Gasteiger charge is -2.13. The molecule has 0 spiro atoms. The summed E-state index contributed by atoms with van der Waals surface area (Å²) in [5.74, 6) is 0.167. The molecule has 0 bridgehead atoms. The van der Waals surface area contributed by atoms with Crippen LogP contribution in [-0.2, 0) is 0 Å². The molecule has 3 aromatic carbocycles. The fourth-order valence-electron chi connectivity index (χ4n) is 4.09. The van der Waals surface area contributed by atoms with E-state index in [1.807, 2.05) is 48.5 Å². The highest BCUT2D eigenvalue weighted by atomic mass is 32.2. The van der Waals surface area contributed by atoms with Crippen molar-refractivity contribution in [1.29, 1.82) is 0 Å². The number of rotatable bonds is 3. The predicted molar refractivity (Wildman–Crippen MR) is 120 cm³/mol. The molecule has 0 unspecified atom stereocenters. The molecule has 0 aromatic heterocycles. The number of hydrogen-bond acceptors (Lipinski definition) is 4. The lowest BCUT2D eigenvalue weighted by Crippen LogP contribution is -2.32. The first kappa shape index (κ1) is 18.9. The fourth-order valence-corrected chi connectivity index (χ4v) is 5.10. The number of carbonyl (C=O) groups is 1. The first-order chi connectivity index (χ1) is 14.7. The van der Waals surface area contributed by atoms with E-state index in [1.54, 1.807) is 23.9 Å². The Kier molecular flexibility index (Phi) is 5.05. The molecule has 1 heterocycles. The van der Waals surface area contributed by atoms with Gasteiger partial charge in [-0.25, -0.2) is 4.99 Å². The molecular formula is C25H22N2O2S. The van der Waals surface area contributed by atoms with E-state index in [0.717, 1.165) is 45.2 Å². The van der Waals surface area contributed by atoms with Crippen LogP contribution in [0.1, 0.15) is 47.2 Å². The number of benzene rings is 3. The molecule has 2 aliphatic rings. The summed E-state index contributed by atoms with van der Waals surface area (Å²) in [6, 6.07) is 21.3. The van der Waals surface area contributed by atoms with E-state index < -0.39 is 0 Å². The standard InChI is InChI=1S/C25H22N2O2S/c28-19-9-5-6-16(14-19)24-20-10-3-4-11-22(20)30-23-13-12-17(15-21(23)27-24)25(29)26-18-7-1-2-8-18/h3-6,9-15,18,28H,1-2,7-8H2,(H,26,29). The van der Waals surface area contributed by atoms with Crippen LogP contribution in [0.3, 0.4) is 0 Å². The van der Waals surface area contributed by atoms with Gasteiger partial charge in [-0.15, -0.1) is 0 Å². The van der Waals surface area contributed by atoms with Gasteiger partial charge < -0.3 is 10.4 Å². The molecule has 0 atom stereocenters. The molecule has 1 aliphatic heterocycles. The molecule has 1 aliphatic carbocycles. The van der Waals surface area contributed by atoms with E-state index in [0.29, 0.717) is 5.56 Å². The minimum absolute atomic E-state index is 0.0365. The van der Waals surface area contributed by atoms with Crippen molar-refractivity contribution in [2.24, 2.45) is 4.99 Å². The average Bonchev–Trinajstić information content (AvgIpc) is 3.20. The van der Waals surface area contributed by atoms with E-state index in [4.69, 9.17) is 4.99 Å². The maximum Gasteiger partial charge on any atom is 0.251 e. The second kappa shape index (κ2) is 8.00. The fraction of sp³-hybridized carbons (Fsp3) is 0.200. The molecule has 1 amide bonds. The van der Waals surface area contributed by atoms with Crippen LogP contribution in [0.15, 0.2) is 81.5 Å². The number of phenolic OH excluding ortho intramolecular Hbond substituents is 1. The highest BCUT2D eigenvalue weighted by molar-refractivity contribution is 7.99. The van der Waals surface area contributed by atoms with Crippen LogP contribution >= 0.6 is 11.8 Å². The number of nitrogens with zero attached hydrogens (tertiary/aromatic N) is 1. The minimum atomic E-state index is -0.0365. The summed E-state index contributed by atoms with van der Waals surface area (Å²) in [7, 11) is 0. The molecule has 5 heteroatoms. The van der Waals surface area contributed by atoms with Crippen LogP contribution in [0.2, 0.25) is 0 Å². The Morgan fingerprint density at radius 3 is 2.63 bits per heavy atom. The summed E-state index contributed by atoms with van der Waals surface area (Å²) >= 11 is 1.65. The maximum atomic E-state index is 12.8. The molecule has 1 saturated carbocycles. The van der Waals surface area contributed by atoms with Gasteiger partial charge in [0.25, 0.3) is 5.91 Å². The van der Waals surface area contributed by atoms with Crippen LogP contribution < -0.4 is 5.32 Å². The molecule has 30 heavy (non-hydrogen) atoms. The Morgan fingerprint density at radius 2 is 1.80 bits per heavy atom. The highest BCUT2D eigenvalue weighted by Crippen LogP contribution is 2.41. The van der Waals surface area contributed by atoms with Gasteiger partial charge in [-0.2, -0.15) is 0 Å². The third kappa shape index (κ3) is 3.73. The number of nitrogens with one attached hydrogen (secondary N) is 1. The van der Waals surface area contributed by atoms with Gasteiger partial charge in [-0.3, -0.25) is 4.79 Å². The van der Waals surface area contributed by atoms with Crippen molar-refractivity contribution in [3.63, 3.8) is 0 Å². The van der Waals surface area contributed by atoms with Crippen molar-refractivity contribution < 1.29 is 9.90 Å². The monoisotopic (exact) mass is 414 g/mol. The maximum absolute atomic E-state index is 12.8. The number of aromatic hydroxyl groups is 1. The quantitative estimate of drug-likeness (QED) is 0.452. The molecular weight excluding hydrogens is 392 g/mol. The number of carbonyl (C=O) groups excluding carboxylic acids is 1. The number of phenols is 1. The van der Waals surface area contributed by atoms with Crippen molar-refractivity contribution in [2.45, 2.75) is 41.5 Å². The Bertz CT molecular complexity index is 1150. The second-order valence-corrected chi connectivity index (χ2v) is 8.83. The van der Waals surface area contributed by atoms with Gasteiger partial charge in [0.2, 0.25) is 0 Å². The third-order valence-electron chi connectivity index (χ3n) is 5.63. The second-order valence-electron chi connectivity index (χ2n) is 7.75. The van der Waals surface area contributed by atoms with E-state index in [9.17, 15) is 9.90 Å². The normalized spacial score (nSPS) is 15.7. The van der Waals surface area contributed by atoms with Crippen LogP contribution in [0.5, 0.6) is 5.75 Å². The zero-order valence-electron chi connectivity index (χ0n) is 16.5. The van der Waals surface area contributed by atoms with Gasteiger partial charge in [0.1, 0.15) is 5.75 Å². The van der Waals surface area contributed by atoms with Gasteiger partial charge in [-0.05, 0) is 49.2 Å². The molecule has 3 aromatic rings. The van der Waals surface area contributed by atoms with E-state index in [2.05, 4.69) is 11.4 Å². The number of aliphatic imine (C=N–C) groups is 1. The summed E-state index contributed by atoms with van der Waals surface area (Å²) in [6.45, 7) is 0. The van der Waals surface area contributed by atoms with Crippen LogP contribution in [-0.4, -0.2) is 22.8 Å². The summed E-state index contributed by atoms with van der Waals surface area (Å²) in [4.78, 5) is 19.9. The summed E-state index contributed by atoms with van der Waals surface area (Å²) in [5.41, 5.74) is 4.05. The van der Waals surface area contributed by atoms with Crippen molar-refractivity contribution in [3.05, 3.63) is 83.4 Å². The van der Waals surface area contributed by atoms with Crippen molar-refractivity contribution in [1.82, 2.24) is 5.32 Å². The molecule has 2 N–H and O–H groups in total. The molecule has 4 nitrogen and oxygen atoms in total. The number of amides is 1. The lowest BCUT2D eigenvalue weighted by atomic mass is 10.0. The van der Waals surface area contributed by atoms with E-state index in [1.165, 1.54) is 12.8 Å². The van der Waals surface area contributed by atoms with Crippen molar-refractivity contribution in [3.8, 4) is 5.75 Å². The van der Waals surface area contributed by atoms with E-state index in [-0.39, 0.29) is 17.7 Å². The van der Waals surface area contributed by atoms with Crippen LogP contribution in [0.4, 0.5) is 5.69 Å². The summed E-state index contributed by atoms with van der Waals surface area (Å²) in [5, 5.41) is 13.2. The first-order valence-corrected chi connectivity index (χ1v) is 11.1. The summed E-state index contributed by atoms with van der Waals surface area (Å²) in [6.07, 6.45) is 4.48. The Balaban J connectivity index is 1.58. The Labute approximate surface area is 180 Å². The van der Waals surface area contributed by atoms with Gasteiger partial charge in [0, 0.05) is 32.5 Å². The average molecular weight is 415 g/mol. The molecule has 0 saturated heterocycles. The van der Waals surface area contributed by atoms with Crippen LogP contribution in [0.25, 0.3) is 0 Å². The van der Waals surface area contributed by atoms with Gasteiger partial charge >= 0.3 is 0 Å². The van der Waals surface area contributed by atoms with Crippen molar-refractivity contribution in [2.75, 3.05) is 0 Å². The smallest absolute Gasteiger partial charge is 0.251 e. The Hall–Kier alpha value is -3.05.